The first-order valence-corrected chi connectivity index (χ1v) is 7.62. The molecular weight excluding hydrogens is 330 g/mol. The van der Waals surface area contributed by atoms with E-state index in [0.29, 0.717) is 6.54 Å². The van der Waals surface area contributed by atoms with E-state index in [9.17, 15) is 0 Å². The highest BCUT2D eigenvalue weighted by Crippen LogP contribution is 2.31. The van der Waals surface area contributed by atoms with Gasteiger partial charge in [-0.2, -0.15) is 0 Å². The Kier molecular flexibility index (Phi) is 5.26. The van der Waals surface area contributed by atoms with Crippen molar-refractivity contribution in [3.05, 3.63) is 57.6 Å². The van der Waals surface area contributed by atoms with Crippen molar-refractivity contribution in [2.75, 3.05) is 13.7 Å². The highest BCUT2D eigenvalue weighted by Gasteiger charge is 2.16. The Morgan fingerprint density at radius 1 is 1.14 bits per heavy atom. The first kappa shape index (κ1) is 15.9. The number of hydrogen-bond donors (Lipinski definition) is 1. The van der Waals surface area contributed by atoms with Crippen molar-refractivity contribution in [3.63, 3.8) is 0 Å². The summed E-state index contributed by atoms with van der Waals surface area (Å²) < 4.78 is 12.6. The Morgan fingerprint density at radius 2 is 1.76 bits per heavy atom. The molecule has 21 heavy (non-hydrogen) atoms. The third-order valence-corrected chi connectivity index (χ3v) is 4.64. The molecule has 2 aromatic rings. The molecule has 0 saturated carbocycles. The SMILES string of the molecule is COc1ccccc1C(CN)Oc1cc(C)c(Br)c(C)c1. The van der Waals surface area contributed by atoms with Crippen LogP contribution in [0.2, 0.25) is 0 Å². The van der Waals surface area contributed by atoms with Crippen molar-refractivity contribution in [2.24, 2.45) is 5.73 Å². The van der Waals surface area contributed by atoms with Crippen LogP contribution in [-0.4, -0.2) is 13.7 Å². The highest BCUT2D eigenvalue weighted by molar-refractivity contribution is 9.10. The first-order chi connectivity index (χ1) is 10.1. The minimum atomic E-state index is -0.235. The van der Waals surface area contributed by atoms with Gasteiger partial charge in [0.1, 0.15) is 17.6 Å². The van der Waals surface area contributed by atoms with Gasteiger partial charge in [-0.05, 0) is 43.2 Å². The summed E-state index contributed by atoms with van der Waals surface area (Å²) in [6.45, 7) is 4.48. The van der Waals surface area contributed by atoms with Crippen molar-refractivity contribution < 1.29 is 9.47 Å². The van der Waals surface area contributed by atoms with Gasteiger partial charge in [-0.25, -0.2) is 0 Å². The zero-order chi connectivity index (χ0) is 15.4. The van der Waals surface area contributed by atoms with Gasteiger partial charge in [0, 0.05) is 16.6 Å². The van der Waals surface area contributed by atoms with Crippen LogP contribution in [0.25, 0.3) is 0 Å². The molecule has 0 spiro atoms. The molecular formula is C17H20BrNO2. The lowest BCUT2D eigenvalue weighted by molar-refractivity contribution is 0.208. The molecule has 1 atom stereocenters. The van der Waals surface area contributed by atoms with Crippen LogP contribution in [0.3, 0.4) is 0 Å². The van der Waals surface area contributed by atoms with Crippen molar-refractivity contribution in [1.82, 2.24) is 0 Å². The second kappa shape index (κ2) is 6.96. The zero-order valence-corrected chi connectivity index (χ0v) is 14.1. The van der Waals surface area contributed by atoms with E-state index in [1.54, 1.807) is 7.11 Å². The van der Waals surface area contributed by atoms with E-state index in [1.165, 1.54) is 0 Å². The summed E-state index contributed by atoms with van der Waals surface area (Å²) in [5.41, 5.74) is 9.13. The van der Waals surface area contributed by atoms with E-state index in [2.05, 4.69) is 15.9 Å². The molecule has 0 fully saturated rings. The fourth-order valence-electron chi connectivity index (χ4n) is 2.31. The maximum atomic E-state index is 6.08. The molecule has 2 aromatic carbocycles. The van der Waals surface area contributed by atoms with Crippen LogP contribution >= 0.6 is 15.9 Å². The number of aryl methyl sites for hydroxylation is 2. The third kappa shape index (κ3) is 3.57. The molecule has 0 saturated heterocycles. The quantitative estimate of drug-likeness (QED) is 0.881. The van der Waals surface area contributed by atoms with E-state index in [0.717, 1.165) is 32.7 Å². The summed E-state index contributed by atoms with van der Waals surface area (Å²) in [5, 5.41) is 0. The van der Waals surface area contributed by atoms with Crippen LogP contribution in [0.15, 0.2) is 40.9 Å². The number of rotatable bonds is 5. The molecule has 0 bridgehead atoms. The maximum Gasteiger partial charge on any atom is 0.139 e. The minimum Gasteiger partial charge on any atom is -0.496 e. The lowest BCUT2D eigenvalue weighted by atomic mass is 10.1. The zero-order valence-electron chi connectivity index (χ0n) is 12.5. The molecule has 2 rings (SSSR count). The van der Waals surface area contributed by atoms with Crippen molar-refractivity contribution >= 4 is 15.9 Å². The molecule has 0 aliphatic heterocycles. The summed E-state index contributed by atoms with van der Waals surface area (Å²) >= 11 is 3.56. The van der Waals surface area contributed by atoms with Gasteiger partial charge in [0.15, 0.2) is 0 Å². The van der Waals surface area contributed by atoms with Gasteiger partial charge in [-0.15, -0.1) is 0 Å². The van der Waals surface area contributed by atoms with Crippen LogP contribution in [-0.2, 0) is 0 Å². The predicted molar refractivity (Wildman–Crippen MR) is 89.0 cm³/mol. The lowest BCUT2D eigenvalue weighted by Crippen LogP contribution is -2.19. The number of benzene rings is 2. The van der Waals surface area contributed by atoms with Crippen LogP contribution in [0, 0.1) is 13.8 Å². The van der Waals surface area contributed by atoms with Crippen LogP contribution in [0.4, 0.5) is 0 Å². The molecule has 0 heterocycles. The average molecular weight is 350 g/mol. The van der Waals surface area contributed by atoms with Crippen LogP contribution in [0.1, 0.15) is 22.8 Å². The molecule has 0 aliphatic rings. The lowest BCUT2D eigenvalue weighted by Gasteiger charge is -2.21. The summed E-state index contributed by atoms with van der Waals surface area (Å²) in [6, 6.07) is 11.8. The smallest absolute Gasteiger partial charge is 0.139 e. The fourth-order valence-corrected chi connectivity index (χ4v) is 2.54. The molecule has 2 N–H and O–H groups in total. The van der Waals surface area contributed by atoms with Gasteiger partial charge in [0.25, 0.3) is 0 Å². The van der Waals surface area contributed by atoms with Gasteiger partial charge in [-0.3, -0.25) is 0 Å². The standard InChI is InChI=1S/C17H20BrNO2/c1-11-8-13(9-12(2)17(11)18)21-16(10-19)14-6-4-5-7-15(14)20-3/h4-9,16H,10,19H2,1-3H3. The second-order valence-corrected chi connectivity index (χ2v) is 5.75. The maximum absolute atomic E-state index is 6.08. The Morgan fingerprint density at radius 3 is 2.33 bits per heavy atom. The molecule has 0 radical (unpaired) electrons. The minimum absolute atomic E-state index is 0.235. The van der Waals surface area contributed by atoms with E-state index < -0.39 is 0 Å². The molecule has 0 amide bonds. The van der Waals surface area contributed by atoms with Crippen molar-refractivity contribution in [1.29, 1.82) is 0 Å². The number of hydrogen-bond acceptors (Lipinski definition) is 3. The average Bonchev–Trinajstić information content (AvgIpc) is 2.50. The van der Waals surface area contributed by atoms with Gasteiger partial charge in [0.05, 0.1) is 7.11 Å². The summed E-state index contributed by atoms with van der Waals surface area (Å²) in [7, 11) is 1.65. The fraction of sp³-hybridized carbons (Fsp3) is 0.294. The number of ether oxygens (including phenoxy) is 2. The van der Waals surface area contributed by atoms with Crippen LogP contribution in [0.5, 0.6) is 11.5 Å². The summed E-state index contributed by atoms with van der Waals surface area (Å²) in [4.78, 5) is 0. The Hall–Kier alpha value is -1.52. The largest absolute Gasteiger partial charge is 0.496 e. The van der Waals surface area contributed by atoms with E-state index >= 15 is 0 Å². The van der Waals surface area contributed by atoms with E-state index in [-0.39, 0.29) is 6.10 Å². The monoisotopic (exact) mass is 349 g/mol. The number of para-hydroxylation sites is 1. The molecule has 112 valence electrons. The summed E-state index contributed by atoms with van der Waals surface area (Å²) in [5.74, 6) is 1.60. The third-order valence-electron chi connectivity index (χ3n) is 3.39. The molecule has 0 aliphatic carbocycles. The van der Waals surface area contributed by atoms with Crippen molar-refractivity contribution in [3.8, 4) is 11.5 Å². The van der Waals surface area contributed by atoms with Gasteiger partial charge in [-0.1, -0.05) is 34.1 Å². The van der Waals surface area contributed by atoms with Crippen molar-refractivity contribution in [2.45, 2.75) is 20.0 Å². The van der Waals surface area contributed by atoms with E-state index in [1.807, 2.05) is 50.2 Å². The molecule has 4 heteroatoms. The first-order valence-electron chi connectivity index (χ1n) is 6.83. The second-order valence-electron chi connectivity index (χ2n) is 4.96. The van der Waals surface area contributed by atoms with Gasteiger partial charge in [0.2, 0.25) is 0 Å². The predicted octanol–water partition coefficient (Wildman–Crippen LogP) is 4.15. The Labute approximate surface area is 134 Å². The van der Waals surface area contributed by atoms with Gasteiger partial charge < -0.3 is 15.2 Å². The van der Waals surface area contributed by atoms with Crippen LogP contribution < -0.4 is 15.2 Å². The van der Waals surface area contributed by atoms with E-state index in [4.69, 9.17) is 15.2 Å². The Balaban J connectivity index is 2.31. The molecule has 1 unspecified atom stereocenters. The number of nitrogens with two attached hydrogens (primary N) is 1. The highest BCUT2D eigenvalue weighted by atomic mass is 79.9. The summed E-state index contributed by atoms with van der Waals surface area (Å²) in [6.07, 6.45) is -0.235. The normalized spacial score (nSPS) is 12.0. The number of methoxy groups -OCH3 is 1. The Bertz CT molecular complexity index is 605. The topological polar surface area (TPSA) is 44.5 Å². The molecule has 0 aromatic heterocycles. The number of halogens is 1. The molecule has 3 nitrogen and oxygen atoms in total. The van der Waals surface area contributed by atoms with Gasteiger partial charge >= 0.3 is 0 Å².